The molecule has 0 saturated heterocycles. The van der Waals surface area contributed by atoms with E-state index in [1.807, 2.05) is 18.2 Å². The van der Waals surface area contributed by atoms with E-state index in [1.165, 1.54) is 12.8 Å². The molecule has 0 unspecified atom stereocenters. The molecule has 5 nitrogen and oxygen atoms in total. The van der Waals surface area contributed by atoms with Crippen LogP contribution in [-0.2, 0) is 6.42 Å². The maximum absolute atomic E-state index is 5.28. The van der Waals surface area contributed by atoms with Gasteiger partial charge in [-0.1, -0.05) is 17.6 Å². The number of hydrogen-bond donors (Lipinski definition) is 1. The molecule has 0 radical (unpaired) electrons. The first kappa shape index (κ1) is 18.0. The van der Waals surface area contributed by atoms with E-state index in [0.717, 1.165) is 55.4 Å². The molecule has 1 aliphatic rings. The molecule has 1 saturated carbocycles. The van der Waals surface area contributed by atoms with Crippen LogP contribution in [0.1, 0.15) is 49.7 Å². The van der Waals surface area contributed by atoms with Crippen molar-refractivity contribution in [1.82, 2.24) is 10.1 Å². The van der Waals surface area contributed by atoms with E-state index >= 15 is 0 Å². The van der Waals surface area contributed by atoms with Crippen LogP contribution < -0.4 is 10.1 Å². The van der Waals surface area contributed by atoms with Crippen LogP contribution in [0.4, 0.5) is 5.69 Å². The predicted molar refractivity (Wildman–Crippen MR) is 96.6 cm³/mol. The summed E-state index contributed by atoms with van der Waals surface area (Å²) in [7, 11) is 1.69. The van der Waals surface area contributed by atoms with Crippen molar-refractivity contribution in [3.05, 3.63) is 49.1 Å². The summed E-state index contributed by atoms with van der Waals surface area (Å²) in [5.74, 6) is 3.16. The summed E-state index contributed by atoms with van der Waals surface area (Å²) in [6.45, 7) is 6.96. The number of nitrogens with zero attached hydrogens (tertiary/aromatic N) is 2. The van der Waals surface area contributed by atoms with E-state index in [0.29, 0.717) is 5.92 Å². The van der Waals surface area contributed by atoms with Crippen molar-refractivity contribution < 1.29 is 9.26 Å². The highest BCUT2D eigenvalue weighted by atomic mass is 16.5. The number of hydrogen-bond acceptors (Lipinski definition) is 5. The van der Waals surface area contributed by atoms with Gasteiger partial charge in [0.2, 0.25) is 5.89 Å². The summed E-state index contributed by atoms with van der Waals surface area (Å²) in [6, 6.07) is 8.01. The molecule has 2 aromatic rings. The Hall–Kier alpha value is -2.30. The Labute approximate surface area is 144 Å². The average Bonchev–Trinajstić information content (AvgIpc) is 3.39. The maximum Gasteiger partial charge on any atom is 0.226 e. The van der Waals surface area contributed by atoms with Crippen molar-refractivity contribution >= 4 is 5.69 Å². The molecule has 130 valence electrons. The number of benzene rings is 1. The fraction of sp³-hybridized carbons (Fsp3) is 0.474. The molecule has 1 N–H and O–H groups in total. The van der Waals surface area contributed by atoms with E-state index in [9.17, 15) is 0 Å². The van der Waals surface area contributed by atoms with E-state index < -0.39 is 0 Å². The molecule has 24 heavy (non-hydrogen) atoms. The van der Waals surface area contributed by atoms with Crippen LogP contribution in [0.25, 0.3) is 0 Å². The van der Waals surface area contributed by atoms with Crippen LogP contribution in [0.3, 0.4) is 0 Å². The molecule has 0 bridgehead atoms. The number of rotatable bonds is 9. The lowest BCUT2D eigenvalue weighted by molar-refractivity contribution is 0.369. The van der Waals surface area contributed by atoms with Crippen molar-refractivity contribution in [3.8, 4) is 5.75 Å². The third-order valence-corrected chi connectivity index (χ3v) is 3.89. The van der Waals surface area contributed by atoms with Gasteiger partial charge in [-0.2, -0.15) is 4.98 Å². The van der Waals surface area contributed by atoms with Crippen LogP contribution in [0.5, 0.6) is 5.75 Å². The second-order valence-corrected chi connectivity index (χ2v) is 5.79. The fourth-order valence-electron chi connectivity index (χ4n) is 2.42. The molecule has 1 fully saturated rings. The normalized spacial score (nSPS) is 13.0. The van der Waals surface area contributed by atoms with Gasteiger partial charge in [-0.3, -0.25) is 0 Å². The molecule has 5 heteroatoms. The van der Waals surface area contributed by atoms with Gasteiger partial charge in [-0.05, 0) is 37.8 Å². The molecule has 0 aliphatic heterocycles. The van der Waals surface area contributed by atoms with Crippen LogP contribution in [0.2, 0.25) is 0 Å². The first-order valence-electron chi connectivity index (χ1n) is 8.55. The predicted octanol–water partition coefficient (Wildman–Crippen LogP) is 4.58. The largest absolute Gasteiger partial charge is 0.497 e. The Bertz CT molecular complexity index is 608. The van der Waals surface area contributed by atoms with Crippen LogP contribution in [0, 0.1) is 0 Å². The lowest BCUT2D eigenvalue weighted by atomic mass is 10.2. The zero-order chi connectivity index (χ0) is 17.2. The van der Waals surface area contributed by atoms with E-state index in [4.69, 9.17) is 9.26 Å². The molecule has 0 amide bonds. The van der Waals surface area contributed by atoms with Gasteiger partial charge < -0.3 is 14.6 Å². The van der Waals surface area contributed by atoms with Crippen molar-refractivity contribution in [1.29, 1.82) is 0 Å². The minimum atomic E-state index is 0.574. The summed E-state index contributed by atoms with van der Waals surface area (Å²) in [5.41, 5.74) is 1.10. The summed E-state index contributed by atoms with van der Waals surface area (Å²) < 4.78 is 10.5. The molecular weight excluding hydrogens is 302 g/mol. The lowest BCUT2D eigenvalue weighted by Crippen LogP contribution is -2.01. The van der Waals surface area contributed by atoms with Crippen molar-refractivity contribution in [2.24, 2.45) is 0 Å². The smallest absolute Gasteiger partial charge is 0.226 e. The van der Waals surface area contributed by atoms with E-state index in [2.05, 4.69) is 34.7 Å². The highest BCUT2D eigenvalue weighted by Gasteiger charge is 2.28. The number of aromatic nitrogens is 2. The molecule has 1 aromatic carbocycles. The maximum atomic E-state index is 5.28. The Morgan fingerprint density at radius 1 is 1.25 bits per heavy atom. The van der Waals surface area contributed by atoms with Gasteiger partial charge in [0.05, 0.1) is 7.11 Å². The first-order chi connectivity index (χ1) is 11.8. The molecular formula is C19H27N3O2. The van der Waals surface area contributed by atoms with Crippen LogP contribution >= 0.6 is 0 Å². The van der Waals surface area contributed by atoms with Gasteiger partial charge in [0.1, 0.15) is 5.75 Å². The molecule has 1 aliphatic carbocycles. The van der Waals surface area contributed by atoms with E-state index in [-0.39, 0.29) is 0 Å². The highest BCUT2D eigenvalue weighted by Crippen LogP contribution is 2.38. The van der Waals surface area contributed by atoms with Gasteiger partial charge in [0, 0.05) is 30.6 Å². The number of aryl methyl sites for hydroxylation is 1. The highest BCUT2D eigenvalue weighted by molar-refractivity contribution is 5.47. The zero-order valence-electron chi connectivity index (χ0n) is 14.5. The number of ether oxygens (including phenoxy) is 1. The number of methoxy groups -OCH3 is 1. The monoisotopic (exact) mass is 329 g/mol. The first-order valence-corrected chi connectivity index (χ1v) is 8.55. The van der Waals surface area contributed by atoms with Gasteiger partial charge in [-0.25, -0.2) is 0 Å². The zero-order valence-corrected chi connectivity index (χ0v) is 14.5. The third-order valence-electron chi connectivity index (χ3n) is 3.89. The summed E-state index contributed by atoms with van der Waals surface area (Å²) in [5, 5.41) is 7.45. The Morgan fingerprint density at radius 2 is 2.08 bits per heavy atom. The molecule has 3 rings (SSSR count). The summed E-state index contributed by atoms with van der Waals surface area (Å²) in [4.78, 5) is 4.45. The summed E-state index contributed by atoms with van der Waals surface area (Å²) >= 11 is 0. The lowest BCUT2D eigenvalue weighted by Gasteiger charge is -2.07. The standard InChI is InChI=1S/C17H23N3O2.C2H4/c1-21-15-7-5-6-14(12-15)18-11-4-2-3-8-16-19-17(20-22-16)13-9-10-13;1-2/h5-7,12-13,18H,2-4,8-11H2,1H3;1-2H2. The average molecular weight is 329 g/mol. The van der Waals surface area contributed by atoms with Crippen LogP contribution in [-0.4, -0.2) is 23.8 Å². The minimum absolute atomic E-state index is 0.574. The van der Waals surface area contributed by atoms with Gasteiger partial charge >= 0.3 is 0 Å². The van der Waals surface area contributed by atoms with Crippen molar-refractivity contribution in [2.75, 3.05) is 19.0 Å². The Balaban J connectivity index is 0.00000100. The molecule has 0 spiro atoms. The Kier molecular flexibility index (Phi) is 7.33. The molecule has 0 atom stereocenters. The van der Waals surface area contributed by atoms with Crippen molar-refractivity contribution in [3.63, 3.8) is 0 Å². The van der Waals surface area contributed by atoms with Crippen LogP contribution in [0.15, 0.2) is 41.9 Å². The Morgan fingerprint density at radius 3 is 2.83 bits per heavy atom. The second kappa shape index (κ2) is 9.75. The SMILES string of the molecule is C=C.COc1cccc(NCCCCCc2nc(C3CC3)no2)c1. The summed E-state index contributed by atoms with van der Waals surface area (Å²) in [6.07, 6.45) is 6.69. The third kappa shape index (κ3) is 5.72. The van der Waals surface area contributed by atoms with E-state index in [1.54, 1.807) is 7.11 Å². The minimum Gasteiger partial charge on any atom is -0.497 e. The number of anilines is 1. The number of unbranched alkanes of at least 4 members (excludes halogenated alkanes) is 2. The second-order valence-electron chi connectivity index (χ2n) is 5.79. The van der Waals surface area contributed by atoms with Gasteiger partial charge in [0.15, 0.2) is 5.82 Å². The number of nitrogens with one attached hydrogen (secondary N) is 1. The molecule has 1 aromatic heterocycles. The van der Waals surface area contributed by atoms with Gasteiger partial charge in [-0.15, -0.1) is 13.2 Å². The topological polar surface area (TPSA) is 60.2 Å². The molecule has 1 heterocycles. The fourth-order valence-corrected chi connectivity index (χ4v) is 2.42. The quantitative estimate of drug-likeness (QED) is 0.539. The van der Waals surface area contributed by atoms with Crippen molar-refractivity contribution in [2.45, 2.75) is 44.4 Å². The van der Waals surface area contributed by atoms with Gasteiger partial charge in [0.25, 0.3) is 0 Å².